The highest BCUT2D eigenvalue weighted by atomic mass is 16.5. The molecule has 4 heteroatoms. The van der Waals surface area contributed by atoms with Crippen molar-refractivity contribution in [3.05, 3.63) is 41.5 Å². The lowest BCUT2D eigenvalue weighted by Crippen LogP contribution is -2.26. The first kappa shape index (κ1) is 12.7. The number of rotatable bonds is 2. The number of ketones is 1. The quantitative estimate of drug-likeness (QED) is 0.911. The van der Waals surface area contributed by atoms with Crippen molar-refractivity contribution in [1.82, 2.24) is 0 Å². The number of hydrogen-bond donors (Lipinski definition) is 1. The van der Waals surface area contributed by atoms with E-state index in [2.05, 4.69) is 0 Å². The summed E-state index contributed by atoms with van der Waals surface area (Å²) in [4.78, 5) is 23.4. The molecule has 1 aliphatic carbocycles. The largest absolute Gasteiger partial charge is 0.496 e. The second-order valence-corrected chi connectivity index (χ2v) is 5.02. The number of carboxylic acids is 1. The summed E-state index contributed by atoms with van der Waals surface area (Å²) in [5.41, 5.74) is 1.31. The Labute approximate surface area is 116 Å². The van der Waals surface area contributed by atoms with Crippen LogP contribution < -0.4 is 4.74 Å². The van der Waals surface area contributed by atoms with E-state index in [-0.39, 0.29) is 12.2 Å². The molecular weight excluding hydrogens is 256 g/mol. The summed E-state index contributed by atoms with van der Waals surface area (Å²) in [7, 11) is 1.55. The molecule has 0 aliphatic heterocycles. The van der Waals surface area contributed by atoms with Gasteiger partial charge < -0.3 is 9.84 Å². The van der Waals surface area contributed by atoms with Crippen LogP contribution in [-0.4, -0.2) is 24.0 Å². The van der Waals surface area contributed by atoms with Gasteiger partial charge in [0, 0.05) is 22.9 Å². The molecule has 0 aromatic heterocycles. The molecule has 20 heavy (non-hydrogen) atoms. The van der Waals surface area contributed by atoms with E-state index in [9.17, 15) is 9.59 Å². The lowest BCUT2D eigenvalue weighted by atomic mass is 9.81. The van der Waals surface area contributed by atoms with Gasteiger partial charge in [0.05, 0.1) is 13.0 Å². The molecule has 0 heterocycles. The molecule has 2 aromatic carbocycles. The van der Waals surface area contributed by atoms with Gasteiger partial charge in [0.2, 0.25) is 0 Å². The molecule has 3 rings (SSSR count). The van der Waals surface area contributed by atoms with Crippen LogP contribution in [0.25, 0.3) is 10.8 Å². The maximum absolute atomic E-state index is 12.2. The molecule has 0 saturated heterocycles. The van der Waals surface area contributed by atoms with Crippen molar-refractivity contribution in [1.29, 1.82) is 0 Å². The Morgan fingerprint density at radius 2 is 2.05 bits per heavy atom. The SMILES string of the molecule is COc1c2c(cc3ccccc13)C(=O)CC(C(=O)O)C2. The Hall–Kier alpha value is -2.36. The third kappa shape index (κ3) is 1.84. The van der Waals surface area contributed by atoms with E-state index in [1.807, 2.05) is 30.3 Å². The number of hydrogen-bond acceptors (Lipinski definition) is 3. The molecule has 1 atom stereocenters. The fraction of sp³-hybridized carbons (Fsp3) is 0.250. The number of carbonyl (C=O) groups excluding carboxylic acids is 1. The summed E-state index contributed by atoms with van der Waals surface area (Å²) < 4.78 is 5.46. The van der Waals surface area contributed by atoms with E-state index >= 15 is 0 Å². The molecular formula is C16H14O4. The second-order valence-electron chi connectivity index (χ2n) is 5.02. The van der Waals surface area contributed by atoms with E-state index in [0.717, 1.165) is 16.3 Å². The first-order valence-corrected chi connectivity index (χ1v) is 6.46. The minimum Gasteiger partial charge on any atom is -0.496 e. The number of aliphatic carboxylic acids is 1. The molecule has 4 nitrogen and oxygen atoms in total. The van der Waals surface area contributed by atoms with Gasteiger partial charge in [-0.15, -0.1) is 0 Å². The number of carbonyl (C=O) groups is 2. The van der Waals surface area contributed by atoms with Crippen molar-refractivity contribution in [2.45, 2.75) is 12.8 Å². The lowest BCUT2D eigenvalue weighted by molar-refractivity contribution is -0.141. The number of methoxy groups -OCH3 is 1. The maximum Gasteiger partial charge on any atom is 0.307 e. The van der Waals surface area contributed by atoms with Gasteiger partial charge in [-0.25, -0.2) is 0 Å². The van der Waals surface area contributed by atoms with Gasteiger partial charge in [-0.05, 0) is 17.9 Å². The van der Waals surface area contributed by atoms with E-state index in [4.69, 9.17) is 9.84 Å². The van der Waals surface area contributed by atoms with Crippen LogP contribution >= 0.6 is 0 Å². The van der Waals surface area contributed by atoms with Gasteiger partial charge >= 0.3 is 5.97 Å². The highest BCUT2D eigenvalue weighted by Crippen LogP contribution is 2.38. The topological polar surface area (TPSA) is 63.6 Å². The highest BCUT2D eigenvalue weighted by molar-refractivity contribution is 6.06. The van der Waals surface area contributed by atoms with Crippen LogP contribution in [0.1, 0.15) is 22.3 Å². The number of Topliss-reactive ketones (excluding diaryl/α,β-unsaturated/α-hetero) is 1. The lowest BCUT2D eigenvalue weighted by Gasteiger charge is -2.23. The Balaban J connectivity index is 2.27. The van der Waals surface area contributed by atoms with E-state index in [1.54, 1.807) is 7.11 Å². The van der Waals surface area contributed by atoms with Gasteiger partial charge in [0.15, 0.2) is 5.78 Å². The normalized spacial score (nSPS) is 17.9. The molecule has 0 amide bonds. The van der Waals surface area contributed by atoms with Crippen LogP contribution in [0.15, 0.2) is 30.3 Å². The third-order valence-corrected chi connectivity index (χ3v) is 3.84. The molecule has 2 aromatic rings. The van der Waals surface area contributed by atoms with Crippen molar-refractivity contribution in [2.24, 2.45) is 5.92 Å². The zero-order valence-corrected chi connectivity index (χ0v) is 11.1. The summed E-state index contributed by atoms with van der Waals surface area (Å²) in [6.07, 6.45) is 0.397. The fourth-order valence-corrected chi connectivity index (χ4v) is 2.87. The van der Waals surface area contributed by atoms with Crippen LogP contribution in [-0.2, 0) is 11.2 Å². The molecule has 0 bridgehead atoms. The van der Waals surface area contributed by atoms with Crippen LogP contribution in [0, 0.1) is 5.92 Å². The molecule has 1 unspecified atom stereocenters. The highest BCUT2D eigenvalue weighted by Gasteiger charge is 2.32. The summed E-state index contributed by atoms with van der Waals surface area (Å²) in [6.45, 7) is 0. The molecule has 0 radical (unpaired) electrons. The van der Waals surface area contributed by atoms with Gasteiger partial charge in [-0.2, -0.15) is 0 Å². The monoisotopic (exact) mass is 270 g/mol. The summed E-state index contributed by atoms with van der Waals surface area (Å²) in [6, 6.07) is 9.49. The van der Waals surface area contributed by atoms with Crippen molar-refractivity contribution >= 4 is 22.5 Å². The Bertz CT molecular complexity index is 718. The maximum atomic E-state index is 12.2. The Morgan fingerprint density at radius 3 is 2.75 bits per heavy atom. The predicted octanol–water partition coefficient (Wildman–Crippen LogP) is 2.68. The zero-order chi connectivity index (χ0) is 14.3. The standard InChI is InChI=1S/C16H14O4/c1-20-15-11-5-3-2-4-9(11)6-12-13(15)7-10(16(18)19)8-14(12)17/h2-6,10H,7-8H2,1H3,(H,18,19). The minimum absolute atomic E-state index is 0.0594. The van der Waals surface area contributed by atoms with Crippen molar-refractivity contribution < 1.29 is 19.4 Å². The molecule has 102 valence electrons. The van der Waals surface area contributed by atoms with E-state index in [0.29, 0.717) is 17.7 Å². The first-order valence-electron chi connectivity index (χ1n) is 6.46. The van der Waals surface area contributed by atoms with Gasteiger partial charge in [-0.3, -0.25) is 9.59 Å². The smallest absolute Gasteiger partial charge is 0.307 e. The first-order chi connectivity index (χ1) is 9.61. The number of fused-ring (bicyclic) bond motifs is 2. The Morgan fingerprint density at radius 1 is 1.30 bits per heavy atom. The third-order valence-electron chi connectivity index (χ3n) is 3.84. The van der Waals surface area contributed by atoms with Gasteiger partial charge in [0.25, 0.3) is 0 Å². The van der Waals surface area contributed by atoms with Gasteiger partial charge in [0.1, 0.15) is 5.75 Å². The Kier molecular flexibility index (Phi) is 2.93. The molecule has 0 spiro atoms. The average Bonchev–Trinajstić information content (AvgIpc) is 2.45. The average molecular weight is 270 g/mol. The van der Waals surface area contributed by atoms with Crippen molar-refractivity contribution in [2.75, 3.05) is 7.11 Å². The van der Waals surface area contributed by atoms with Crippen LogP contribution in [0.4, 0.5) is 0 Å². The number of benzene rings is 2. The molecule has 1 N–H and O–H groups in total. The number of carboxylic acid groups (broad SMARTS) is 1. The van der Waals surface area contributed by atoms with Gasteiger partial charge in [-0.1, -0.05) is 24.3 Å². The molecule has 1 aliphatic rings. The second kappa shape index (κ2) is 4.63. The van der Waals surface area contributed by atoms with Crippen molar-refractivity contribution in [3.63, 3.8) is 0 Å². The summed E-state index contributed by atoms with van der Waals surface area (Å²) in [5.74, 6) is -1.09. The van der Waals surface area contributed by atoms with E-state index < -0.39 is 11.9 Å². The summed E-state index contributed by atoms with van der Waals surface area (Å²) in [5, 5.41) is 11.0. The fourth-order valence-electron chi connectivity index (χ4n) is 2.87. The number of ether oxygens (including phenoxy) is 1. The van der Waals surface area contributed by atoms with E-state index in [1.165, 1.54) is 0 Å². The van der Waals surface area contributed by atoms with Crippen LogP contribution in [0.2, 0.25) is 0 Å². The zero-order valence-electron chi connectivity index (χ0n) is 11.1. The van der Waals surface area contributed by atoms with Crippen LogP contribution in [0.5, 0.6) is 5.75 Å². The molecule has 0 saturated carbocycles. The van der Waals surface area contributed by atoms with Crippen molar-refractivity contribution in [3.8, 4) is 5.75 Å². The predicted molar refractivity (Wildman–Crippen MR) is 74.3 cm³/mol. The molecule has 0 fully saturated rings. The minimum atomic E-state index is -0.931. The van der Waals surface area contributed by atoms with Crippen LogP contribution in [0.3, 0.4) is 0 Å². The summed E-state index contributed by atoms with van der Waals surface area (Å²) >= 11 is 0.